The van der Waals surface area contributed by atoms with Crippen LogP contribution in [-0.2, 0) is 15.6 Å². The predicted octanol–water partition coefficient (Wildman–Crippen LogP) is 2.96. The highest BCUT2D eigenvalue weighted by Gasteiger charge is 2.13. The van der Waals surface area contributed by atoms with Gasteiger partial charge in [0.1, 0.15) is 0 Å². The zero-order chi connectivity index (χ0) is 12.7. The molecule has 0 saturated carbocycles. The van der Waals surface area contributed by atoms with E-state index >= 15 is 0 Å². The third kappa shape index (κ3) is 5.08. The minimum absolute atomic E-state index is 0.00273. The van der Waals surface area contributed by atoms with Crippen LogP contribution in [0, 0.1) is 0 Å². The lowest BCUT2D eigenvalue weighted by Crippen LogP contribution is -2.10. The van der Waals surface area contributed by atoms with Gasteiger partial charge in [0.2, 0.25) is 0 Å². The minimum atomic E-state index is -3.21. The summed E-state index contributed by atoms with van der Waals surface area (Å²) in [4.78, 5) is 2.56. The standard InChI is InChI=1S/C10H12ClN3O2S/c11-10-5-2-1-4-9(10)8-17(15,16)7-3-6-13-14-12/h1-2,4-5H,3,6-8H2. The number of sulfone groups is 1. The van der Waals surface area contributed by atoms with Crippen LogP contribution in [0.2, 0.25) is 5.02 Å². The third-order valence-electron chi connectivity index (χ3n) is 2.11. The molecule has 0 aromatic heterocycles. The van der Waals surface area contributed by atoms with Gasteiger partial charge < -0.3 is 0 Å². The fourth-order valence-electron chi connectivity index (χ4n) is 1.32. The number of hydrogen-bond acceptors (Lipinski definition) is 3. The Morgan fingerprint density at radius 2 is 2.06 bits per heavy atom. The molecular weight excluding hydrogens is 262 g/mol. The van der Waals surface area contributed by atoms with E-state index in [-0.39, 0.29) is 18.1 Å². The number of halogens is 1. The van der Waals surface area contributed by atoms with Crippen molar-refractivity contribution in [1.82, 2.24) is 0 Å². The summed E-state index contributed by atoms with van der Waals surface area (Å²) in [6.45, 7) is 0.193. The molecule has 0 bridgehead atoms. The third-order valence-corrected chi connectivity index (χ3v) is 4.14. The van der Waals surface area contributed by atoms with Gasteiger partial charge in [-0.05, 0) is 23.6 Å². The Bertz CT molecular complexity index is 524. The summed E-state index contributed by atoms with van der Waals surface area (Å²) in [6, 6.07) is 6.84. The molecule has 1 aromatic rings. The van der Waals surface area contributed by atoms with Gasteiger partial charge in [-0.1, -0.05) is 34.9 Å². The average molecular weight is 274 g/mol. The molecule has 0 saturated heterocycles. The fraction of sp³-hybridized carbons (Fsp3) is 0.400. The van der Waals surface area contributed by atoms with Gasteiger partial charge >= 0.3 is 0 Å². The zero-order valence-electron chi connectivity index (χ0n) is 9.08. The number of benzene rings is 1. The normalized spacial score (nSPS) is 10.9. The van der Waals surface area contributed by atoms with Gasteiger partial charge in [0, 0.05) is 16.5 Å². The highest BCUT2D eigenvalue weighted by Crippen LogP contribution is 2.18. The van der Waals surface area contributed by atoms with Gasteiger partial charge in [-0.25, -0.2) is 8.42 Å². The van der Waals surface area contributed by atoms with E-state index in [0.29, 0.717) is 17.0 Å². The number of hydrogen-bond donors (Lipinski definition) is 0. The molecule has 0 unspecified atom stereocenters. The van der Waals surface area contributed by atoms with Crippen molar-refractivity contribution in [3.8, 4) is 0 Å². The second-order valence-corrected chi connectivity index (χ2v) is 6.08. The van der Waals surface area contributed by atoms with Gasteiger partial charge in [-0.2, -0.15) is 0 Å². The summed E-state index contributed by atoms with van der Waals surface area (Å²) in [7, 11) is -3.21. The largest absolute Gasteiger partial charge is 0.228 e. The van der Waals surface area contributed by atoms with Crippen molar-refractivity contribution in [2.75, 3.05) is 12.3 Å². The van der Waals surface area contributed by atoms with Crippen molar-refractivity contribution in [2.24, 2.45) is 5.11 Å². The van der Waals surface area contributed by atoms with Gasteiger partial charge in [0.15, 0.2) is 9.84 Å². The summed E-state index contributed by atoms with van der Waals surface area (Å²) in [5.74, 6) is -0.0832. The molecule has 17 heavy (non-hydrogen) atoms. The van der Waals surface area contributed by atoms with Crippen LogP contribution in [0.15, 0.2) is 29.4 Å². The quantitative estimate of drug-likeness (QED) is 0.345. The number of azide groups is 1. The van der Waals surface area contributed by atoms with E-state index in [9.17, 15) is 8.42 Å². The molecule has 1 rings (SSSR count). The van der Waals surface area contributed by atoms with E-state index in [2.05, 4.69) is 10.0 Å². The van der Waals surface area contributed by atoms with Crippen LogP contribution in [0.3, 0.4) is 0 Å². The topological polar surface area (TPSA) is 82.9 Å². The van der Waals surface area contributed by atoms with E-state index < -0.39 is 9.84 Å². The molecule has 7 heteroatoms. The highest BCUT2D eigenvalue weighted by molar-refractivity contribution is 7.90. The number of nitrogens with zero attached hydrogens (tertiary/aromatic N) is 3. The molecule has 0 aliphatic carbocycles. The van der Waals surface area contributed by atoms with E-state index in [1.54, 1.807) is 24.3 Å². The molecule has 0 fully saturated rings. The number of rotatable bonds is 6. The van der Waals surface area contributed by atoms with Crippen molar-refractivity contribution < 1.29 is 8.42 Å². The van der Waals surface area contributed by atoms with Crippen LogP contribution in [0.4, 0.5) is 0 Å². The first kappa shape index (κ1) is 13.8. The zero-order valence-corrected chi connectivity index (χ0v) is 10.7. The van der Waals surface area contributed by atoms with Gasteiger partial charge in [-0.3, -0.25) is 0 Å². The summed E-state index contributed by atoms with van der Waals surface area (Å²) in [5.41, 5.74) is 8.65. The minimum Gasteiger partial charge on any atom is -0.228 e. The molecule has 0 amide bonds. The average Bonchev–Trinajstić information content (AvgIpc) is 2.28. The molecule has 0 aliphatic heterocycles. The lowest BCUT2D eigenvalue weighted by molar-refractivity contribution is 0.593. The molecule has 0 atom stereocenters. The van der Waals surface area contributed by atoms with E-state index in [4.69, 9.17) is 17.1 Å². The van der Waals surface area contributed by atoms with Crippen molar-refractivity contribution in [3.05, 3.63) is 45.3 Å². The molecule has 0 aliphatic rings. The predicted molar refractivity (Wildman–Crippen MR) is 67.6 cm³/mol. The van der Waals surface area contributed by atoms with Crippen LogP contribution < -0.4 is 0 Å². The second-order valence-electron chi connectivity index (χ2n) is 3.49. The Hall–Kier alpha value is -1.23. The Morgan fingerprint density at radius 3 is 2.71 bits per heavy atom. The summed E-state index contributed by atoms with van der Waals surface area (Å²) >= 11 is 5.88. The molecule has 1 aromatic carbocycles. The SMILES string of the molecule is [N-]=[N+]=NCCCS(=O)(=O)Cc1ccccc1Cl. The molecule has 0 spiro atoms. The van der Waals surface area contributed by atoms with Crippen LogP contribution in [0.5, 0.6) is 0 Å². The Kier molecular flexibility index (Phi) is 5.28. The second kappa shape index (κ2) is 6.49. The van der Waals surface area contributed by atoms with Gasteiger partial charge in [0.05, 0.1) is 11.5 Å². The van der Waals surface area contributed by atoms with Gasteiger partial charge in [0.25, 0.3) is 0 Å². The van der Waals surface area contributed by atoms with E-state index in [1.807, 2.05) is 0 Å². The summed E-state index contributed by atoms with van der Waals surface area (Å²) in [6.07, 6.45) is 0.330. The van der Waals surface area contributed by atoms with Crippen LogP contribution >= 0.6 is 11.6 Å². The summed E-state index contributed by atoms with van der Waals surface area (Å²) < 4.78 is 23.4. The molecule has 92 valence electrons. The Morgan fingerprint density at radius 1 is 1.35 bits per heavy atom. The van der Waals surface area contributed by atoms with Gasteiger partial charge in [-0.15, -0.1) is 0 Å². The van der Waals surface area contributed by atoms with E-state index in [1.165, 1.54) is 0 Å². The lowest BCUT2D eigenvalue weighted by atomic mass is 10.2. The van der Waals surface area contributed by atoms with Crippen LogP contribution in [-0.4, -0.2) is 20.7 Å². The maximum atomic E-state index is 11.7. The molecule has 0 N–H and O–H groups in total. The van der Waals surface area contributed by atoms with Crippen molar-refractivity contribution in [2.45, 2.75) is 12.2 Å². The maximum Gasteiger partial charge on any atom is 0.154 e. The first-order chi connectivity index (χ1) is 8.05. The first-order valence-electron chi connectivity index (χ1n) is 5.00. The Labute approximate surface area is 105 Å². The Balaban J connectivity index is 2.61. The lowest BCUT2D eigenvalue weighted by Gasteiger charge is -2.05. The monoisotopic (exact) mass is 273 g/mol. The van der Waals surface area contributed by atoms with Crippen molar-refractivity contribution >= 4 is 21.4 Å². The highest BCUT2D eigenvalue weighted by atomic mass is 35.5. The molecular formula is C10H12ClN3O2S. The van der Waals surface area contributed by atoms with Crippen LogP contribution in [0.25, 0.3) is 10.4 Å². The van der Waals surface area contributed by atoms with Crippen LogP contribution in [0.1, 0.15) is 12.0 Å². The molecule has 5 nitrogen and oxygen atoms in total. The molecule has 0 radical (unpaired) electrons. The van der Waals surface area contributed by atoms with Crippen molar-refractivity contribution in [1.29, 1.82) is 0 Å². The van der Waals surface area contributed by atoms with Crippen molar-refractivity contribution in [3.63, 3.8) is 0 Å². The fourth-order valence-corrected chi connectivity index (χ4v) is 3.05. The molecule has 0 heterocycles. The van der Waals surface area contributed by atoms with E-state index in [0.717, 1.165) is 0 Å². The maximum absolute atomic E-state index is 11.7. The smallest absolute Gasteiger partial charge is 0.154 e. The first-order valence-corrected chi connectivity index (χ1v) is 7.20. The summed E-state index contributed by atoms with van der Waals surface area (Å²) in [5, 5.41) is 3.74.